The van der Waals surface area contributed by atoms with E-state index < -0.39 is 0 Å². The van der Waals surface area contributed by atoms with E-state index in [1.807, 2.05) is 0 Å². The Kier molecular flexibility index (Phi) is 8.49. The number of rotatable bonds is 7. The summed E-state index contributed by atoms with van der Waals surface area (Å²) in [5.41, 5.74) is 0.517. The van der Waals surface area contributed by atoms with Crippen LogP contribution in [0.2, 0.25) is 0 Å². The molecule has 0 amide bonds. The summed E-state index contributed by atoms with van der Waals surface area (Å²) in [6.45, 7) is 18.8. The molecule has 5 fully saturated rings. The summed E-state index contributed by atoms with van der Waals surface area (Å²) in [4.78, 5) is 39.2. The first kappa shape index (κ1) is 33.8. The Morgan fingerprint density at radius 1 is 0.804 bits per heavy atom. The Labute approximate surface area is 277 Å². The number of fused-ring (bicyclic) bond motifs is 7. The van der Waals surface area contributed by atoms with Gasteiger partial charge >= 0.3 is 5.97 Å². The van der Waals surface area contributed by atoms with E-state index in [-0.39, 0.29) is 50.7 Å². The van der Waals surface area contributed by atoms with Crippen LogP contribution in [0.4, 0.5) is 4.39 Å². The highest BCUT2D eigenvalue weighted by Crippen LogP contribution is 2.77. The Morgan fingerprint density at radius 2 is 1.50 bits per heavy atom. The molecule has 10 atom stereocenters. The van der Waals surface area contributed by atoms with Gasteiger partial charge in [-0.2, -0.15) is 0 Å². The molecule has 0 radical (unpaired) electrons. The summed E-state index contributed by atoms with van der Waals surface area (Å²) in [6.07, 6.45) is 11.5. The van der Waals surface area contributed by atoms with Crippen LogP contribution in [0.1, 0.15) is 143 Å². The number of benzene rings is 1. The van der Waals surface area contributed by atoms with Crippen molar-refractivity contribution in [1.82, 2.24) is 0 Å². The number of ether oxygens (including phenoxy) is 1. The molecule has 0 bridgehead atoms. The number of carbonyl (C=O) groups is 3. The average Bonchev–Trinajstić information content (AvgIpc) is 3.39. The molecule has 0 heterocycles. The fourth-order valence-corrected chi connectivity index (χ4v) is 13.4. The molecule has 0 aliphatic heterocycles. The predicted molar refractivity (Wildman–Crippen MR) is 180 cm³/mol. The van der Waals surface area contributed by atoms with Gasteiger partial charge in [0.15, 0.2) is 0 Å². The first-order valence-electron chi connectivity index (χ1n) is 18.5. The highest BCUT2D eigenvalue weighted by Gasteiger charge is 2.72. The summed E-state index contributed by atoms with van der Waals surface area (Å²) in [5.74, 6) is 2.94. The number of carbonyl (C=O) groups excluding carboxylic acids is 3. The first-order chi connectivity index (χ1) is 21.5. The van der Waals surface area contributed by atoms with Crippen LogP contribution >= 0.6 is 0 Å². The normalized spacial score (nSPS) is 42.7. The van der Waals surface area contributed by atoms with E-state index in [0.29, 0.717) is 59.7 Å². The van der Waals surface area contributed by atoms with Gasteiger partial charge in [0.2, 0.25) is 0 Å². The van der Waals surface area contributed by atoms with Crippen LogP contribution in [0.25, 0.3) is 0 Å². The van der Waals surface area contributed by atoms with Crippen molar-refractivity contribution in [2.75, 3.05) is 0 Å². The lowest BCUT2D eigenvalue weighted by molar-refractivity contribution is -0.247. The van der Waals surface area contributed by atoms with Gasteiger partial charge in [-0.3, -0.25) is 4.79 Å². The van der Waals surface area contributed by atoms with Crippen molar-refractivity contribution in [2.45, 2.75) is 139 Å². The Balaban J connectivity index is 1.28. The topological polar surface area (TPSA) is 60.4 Å². The van der Waals surface area contributed by atoms with Crippen LogP contribution in [0, 0.1) is 68.4 Å². The Bertz CT molecular complexity index is 1360. The molecule has 254 valence electrons. The van der Waals surface area contributed by atoms with Gasteiger partial charge in [-0.1, -0.05) is 48.5 Å². The Morgan fingerprint density at radius 3 is 2.15 bits per heavy atom. The molecule has 5 heteroatoms. The third-order valence-corrected chi connectivity index (χ3v) is 15.9. The molecule has 46 heavy (non-hydrogen) atoms. The smallest absolute Gasteiger partial charge is 0.338 e. The minimum Gasteiger partial charge on any atom is -0.458 e. The summed E-state index contributed by atoms with van der Waals surface area (Å²) in [6, 6.07) is 5.69. The van der Waals surface area contributed by atoms with Crippen LogP contribution in [0.15, 0.2) is 24.3 Å². The van der Waals surface area contributed by atoms with Gasteiger partial charge in [0.05, 0.1) is 5.56 Å². The van der Waals surface area contributed by atoms with Gasteiger partial charge in [-0.25, -0.2) is 9.18 Å². The van der Waals surface area contributed by atoms with E-state index in [1.54, 1.807) is 6.92 Å². The van der Waals surface area contributed by atoms with E-state index in [2.05, 4.69) is 48.5 Å². The first-order valence-corrected chi connectivity index (χ1v) is 18.5. The number of halogens is 1. The molecule has 5 unspecified atom stereocenters. The highest BCUT2D eigenvalue weighted by atomic mass is 19.1. The quantitative estimate of drug-likeness (QED) is 0.280. The van der Waals surface area contributed by atoms with Crippen molar-refractivity contribution in [2.24, 2.45) is 62.6 Å². The van der Waals surface area contributed by atoms with Crippen molar-refractivity contribution in [3.63, 3.8) is 0 Å². The van der Waals surface area contributed by atoms with Gasteiger partial charge in [0.25, 0.3) is 0 Å². The fourth-order valence-electron chi connectivity index (χ4n) is 13.4. The Hall–Kier alpha value is -2.04. The molecule has 6 rings (SSSR count). The van der Waals surface area contributed by atoms with E-state index in [0.717, 1.165) is 44.9 Å². The fraction of sp³-hybridized carbons (Fsp3) is 0.780. The summed E-state index contributed by atoms with van der Waals surface area (Å²) in [5, 5.41) is 0. The van der Waals surface area contributed by atoms with Gasteiger partial charge in [0.1, 0.15) is 23.5 Å². The van der Waals surface area contributed by atoms with Gasteiger partial charge < -0.3 is 9.53 Å². The maximum absolute atomic E-state index is 14.1. The molecule has 0 N–H and O–H groups in total. The van der Waals surface area contributed by atoms with Crippen molar-refractivity contribution in [3.05, 3.63) is 35.6 Å². The molecule has 0 aromatic heterocycles. The zero-order valence-electron chi connectivity index (χ0n) is 29.8. The van der Waals surface area contributed by atoms with Crippen molar-refractivity contribution in [3.8, 4) is 0 Å². The molecule has 1 aromatic rings. The minimum absolute atomic E-state index is 0.126. The SMILES string of the molecule is CC(=O)CCC(=O)[C@]12CCC(C(C)C)C1C1CCC3[C@@]4(C)CC[C@@H](OC(=O)c5ccc(F)cc5)C(C)(C)C4CC[C@@]3(C)[C@]1(C)CC2. The maximum atomic E-state index is 14.1. The van der Waals surface area contributed by atoms with Crippen LogP contribution in [0.3, 0.4) is 0 Å². The van der Waals surface area contributed by atoms with Crippen molar-refractivity contribution < 1.29 is 23.5 Å². The highest BCUT2D eigenvalue weighted by molar-refractivity contribution is 5.90. The number of hydrogen-bond acceptors (Lipinski definition) is 4. The predicted octanol–water partition coefficient (Wildman–Crippen LogP) is 10.0. The molecular formula is C41H59FO4. The zero-order valence-corrected chi connectivity index (χ0v) is 29.8. The number of ketones is 2. The van der Waals surface area contributed by atoms with E-state index in [1.165, 1.54) is 43.5 Å². The van der Waals surface area contributed by atoms with E-state index in [9.17, 15) is 18.8 Å². The van der Waals surface area contributed by atoms with Crippen LogP contribution in [0.5, 0.6) is 0 Å². The average molecular weight is 635 g/mol. The van der Waals surface area contributed by atoms with Gasteiger partial charge in [-0.15, -0.1) is 0 Å². The maximum Gasteiger partial charge on any atom is 0.338 e. The number of hydrogen-bond donors (Lipinski definition) is 0. The summed E-state index contributed by atoms with van der Waals surface area (Å²) >= 11 is 0. The lowest BCUT2D eigenvalue weighted by atomic mass is 9.32. The molecular weight excluding hydrogens is 575 g/mol. The standard InChI is InChI=1S/C41H59FO4/c1-25(2)29-17-22-41(33(44)16-9-26(3)43)24-23-39(7)30(35(29)41)14-15-32-38(6)20-19-34(37(4,5)31(38)18-21-40(32,39)8)46-36(45)27-10-12-28(42)13-11-27/h10-13,25,29-32,34-35H,9,14-24H2,1-8H3/t29?,30?,31?,32?,34-,35?,38+,39-,40-,41-/m1/s1. The summed E-state index contributed by atoms with van der Waals surface area (Å²) in [7, 11) is 0. The second-order valence-electron chi connectivity index (χ2n) is 18.2. The minimum atomic E-state index is -0.352. The second-order valence-corrected chi connectivity index (χ2v) is 18.2. The lowest BCUT2D eigenvalue weighted by Crippen LogP contribution is -2.67. The van der Waals surface area contributed by atoms with Crippen LogP contribution in [-0.2, 0) is 14.3 Å². The molecule has 1 aromatic carbocycles. The third kappa shape index (κ3) is 4.89. The molecule has 5 aliphatic rings. The van der Waals surface area contributed by atoms with Crippen molar-refractivity contribution >= 4 is 17.5 Å². The molecule has 5 aliphatic carbocycles. The molecule has 0 spiro atoms. The molecule has 5 saturated carbocycles. The summed E-state index contributed by atoms with van der Waals surface area (Å²) < 4.78 is 19.7. The second kappa shape index (κ2) is 11.5. The molecule has 0 saturated heterocycles. The lowest BCUT2D eigenvalue weighted by Gasteiger charge is -2.73. The van der Waals surface area contributed by atoms with Crippen LogP contribution in [-0.4, -0.2) is 23.6 Å². The van der Waals surface area contributed by atoms with E-state index >= 15 is 0 Å². The van der Waals surface area contributed by atoms with Gasteiger partial charge in [0, 0.05) is 23.7 Å². The van der Waals surface area contributed by atoms with E-state index in [4.69, 9.17) is 4.74 Å². The zero-order chi connectivity index (χ0) is 33.4. The third-order valence-electron chi connectivity index (χ3n) is 15.9. The monoisotopic (exact) mass is 634 g/mol. The van der Waals surface area contributed by atoms with Gasteiger partial charge in [-0.05, 0) is 147 Å². The van der Waals surface area contributed by atoms with Crippen LogP contribution < -0.4 is 0 Å². The largest absolute Gasteiger partial charge is 0.458 e. The number of Topliss-reactive ketones (excluding diaryl/α,β-unsaturated/α-hetero) is 2. The molecule has 4 nitrogen and oxygen atoms in total. The number of esters is 1. The van der Waals surface area contributed by atoms with Crippen molar-refractivity contribution in [1.29, 1.82) is 0 Å².